The number of hydrogen-bond donors (Lipinski definition) is 0. The fourth-order valence-electron chi connectivity index (χ4n) is 3.03. The van der Waals surface area contributed by atoms with E-state index in [0.29, 0.717) is 15.2 Å². The summed E-state index contributed by atoms with van der Waals surface area (Å²) in [5, 5.41) is 2.13. The number of thiophene rings is 1. The van der Waals surface area contributed by atoms with Crippen LogP contribution in [0, 0.1) is 0 Å². The molecule has 140 valence electrons. The molecule has 3 aromatic rings. The van der Waals surface area contributed by atoms with Crippen molar-refractivity contribution in [2.45, 2.75) is 4.21 Å². The molecule has 0 N–H and O–H groups in total. The number of benzene rings is 1. The second kappa shape index (κ2) is 6.91. The zero-order valence-electron chi connectivity index (χ0n) is 14.2. The summed E-state index contributed by atoms with van der Waals surface area (Å²) >= 11 is 1.17. The molecule has 0 spiro atoms. The number of rotatable bonds is 3. The molecule has 0 unspecified atom stereocenters. The maximum absolute atomic E-state index is 12.7. The van der Waals surface area contributed by atoms with Crippen LogP contribution in [0.5, 0.6) is 0 Å². The molecule has 0 saturated carbocycles. The van der Waals surface area contributed by atoms with E-state index in [4.69, 9.17) is 4.42 Å². The largest absolute Gasteiger partial charge is 0.451 e. The number of carbonyl (C=O) groups excluding carboxylic acids is 1. The molecule has 1 aliphatic rings. The van der Waals surface area contributed by atoms with Gasteiger partial charge in [0.1, 0.15) is 9.79 Å². The second-order valence-corrected chi connectivity index (χ2v) is 9.21. The molecule has 27 heavy (non-hydrogen) atoms. The lowest BCUT2D eigenvalue weighted by atomic mass is 10.2. The van der Waals surface area contributed by atoms with Crippen molar-refractivity contribution in [3.05, 3.63) is 63.8 Å². The van der Waals surface area contributed by atoms with Gasteiger partial charge in [-0.1, -0.05) is 18.2 Å². The summed E-state index contributed by atoms with van der Waals surface area (Å²) in [6, 6.07) is 11.2. The van der Waals surface area contributed by atoms with Crippen molar-refractivity contribution >= 4 is 38.2 Å². The number of hydrogen-bond acceptors (Lipinski definition) is 6. The Balaban J connectivity index is 1.52. The van der Waals surface area contributed by atoms with E-state index < -0.39 is 15.9 Å². The van der Waals surface area contributed by atoms with E-state index in [9.17, 15) is 18.0 Å². The molecule has 3 heterocycles. The third kappa shape index (κ3) is 3.29. The SMILES string of the molecule is O=C(c1cc(=O)c2ccccc2o1)N1CCN(S(=O)(=O)c2cccs2)CC1. The quantitative estimate of drug-likeness (QED) is 0.666. The number of carbonyl (C=O) groups is 1. The fraction of sp³-hybridized carbons (Fsp3) is 0.222. The van der Waals surface area contributed by atoms with Gasteiger partial charge < -0.3 is 9.32 Å². The van der Waals surface area contributed by atoms with Gasteiger partial charge in [0.25, 0.3) is 15.9 Å². The standard InChI is InChI=1S/C18H16N2O5S2/c21-14-12-16(25-15-5-2-1-4-13(14)15)18(22)19-7-9-20(10-8-19)27(23,24)17-6-3-11-26-17/h1-6,11-12H,7-10H2. The zero-order valence-corrected chi connectivity index (χ0v) is 15.8. The molecule has 7 nitrogen and oxygen atoms in total. The van der Waals surface area contributed by atoms with Crippen LogP contribution in [0.25, 0.3) is 11.0 Å². The number of fused-ring (bicyclic) bond motifs is 1. The molecular formula is C18H16N2O5S2. The Kier molecular flexibility index (Phi) is 4.58. The van der Waals surface area contributed by atoms with Crippen LogP contribution in [0.15, 0.2) is 61.3 Å². The second-order valence-electron chi connectivity index (χ2n) is 6.10. The van der Waals surface area contributed by atoms with Gasteiger partial charge in [-0.3, -0.25) is 9.59 Å². The number of para-hydroxylation sites is 1. The summed E-state index contributed by atoms with van der Waals surface area (Å²) in [4.78, 5) is 26.4. The van der Waals surface area contributed by atoms with E-state index in [1.807, 2.05) is 0 Å². The molecule has 9 heteroatoms. The molecule has 0 radical (unpaired) electrons. The lowest BCUT2D eigenvalue weighted by Crippen LogP contribution is -2.50. The Morgan fingerprint density at radius 2 is 1.78 bits per heavy atom. The van der Waals surface area contributed by atoms with E-state index in [1.165, 1.54) is 26.6 Å². The minimum absolute atomic E-state index is 0.0340. The minimum Gasteiger partial charge on any atom is -0.451 e. The molecule has 1 amide bonds. The highest BCUT2D eigenvalue weighted by atomic mass is 32.2. The average Bonchev–Trinajstić information content (AvgIpc) is 3.23. The number of nitrogens with zero attached hydrogens (tertiary/aromatic N) is 2. The number of piperazine rings is 1. The molecule has 0 atom stereocenters. The molecule has 0 aliphatic carbocycles. The molecule has 2 aromatic heterocycles. The van der Waals surface area contributed by atoms with Gasteiger partial charge in [-0.25, -0.2) is 8.42 Å². The zero-order chi connectivity index (χ0) is 19.0. The minimum atomic E-state index is -3.53. The lowest BCUT2D eigenvalue weighted by molar-refractivity contribution is 0.0666. The first-order chi connectivity index (χ1) is 13.0. The van der Waals surface area contributed by atoms with Crippen molar-refractivity contribution in [1.29, 1.82) is 0 Å². The number of amides is 1. The van der Waals surface area contributed by atoms with Crippen LogP contribution >= 0.6 is 11.3 Å². The normalized spacial score (nSPS) is 15.9. The van der Waals surface area contributed by atoms with Gasteiger partial charge in [-0.15, -0.1) is 11.3 Å². The van der Waals surface area contributed by atoms with E-state index in [-0.39, 0.29) is 37.4 Å². The van der Waals surface area contributed by atoms with Crippen molar-refractivity contribution in [3.8, 4) is 0 Å². The molecule has 1 fully saturated rings. The Morgan fingerprint density at radius 3 is 2.48 bits per heavy atom. The van der Waals surface area contributed by atoms with Gasteiger partial charge in [-0.05, 0) is 23.6 Å². The molecule has 1 aliphatic heterocycles. The van der Waals surface area contributed by atoms with E-state index >= 15 is 0 Å². The third-order valence-electron chi connectivity index (χ3n) is 4.46. The highest BCUT2D eigenvalue weighted by Gasteiger charge is 2.31. The summed E-state index contributed by atoms with van der Waals surface area (Å²) in [5.41, 5.74) is 0.0753. The van der Waals surface area contributed by atoms with Crippen molar-refractivity contribution < 1.29 is 17.6 Å². The first kappa shape index (κ1) is 17.9. The van der Waals surface area contributed by atoms with Gasteiger partial charge in [0.15, 0.2) is 11.2 Å². The Bertz CT molecular complexity index is 1140. The van der Waals surface area contributed by atoms with Gasteiger partial charge in [-0.2, -0.15) is 4.31 Å². The van der Waals surface area contributed by atoms with Crippen LogP contribution in [0.4, 0.5) is 0 Å². The third-order valence-corrected chi connectivity index (χ3v) is 7.73. The highest BCUT2D eigenvalue weighted by molar-refractivity contribution is 7.91. The predicted molar refractivity (Wildman–Crippen MR) is 101 cm³/mol. The lowest BCUT2D eigenvalue weighted by Gasteiger charge is -2.33. The smallest absolute Gasteiger partial charge is 0.289 e. The van der Waals surface area contributed by atoms with Crippen LogP contribution in [0.2, 0.25) is 0 Å². The molecule has 0 bridgehead atoms. The summed E-state index contributed by atoms with van der Waals surface area (Å²) in [6.45, 7) is 0.869. The van der Waals surface area contributed by atoms with Crippen molar-refractivity contribution in [3.63, 3.8) is 0 Å². The first-order valence-corrected chi connectivity index (χ1v) is 10.6. The van der Waals surface area contributed by atoms with Crippen LogP contribution in [0.3, 0.4) is 0 Å². The molecule has 1 saturated heterocycles. The van der Waals surface area contributed by atoms with Gasteiger partial charge >= 0.3 is 0 Å². The van der Waals surface area contributed by atoms with Gasteiger partial charge in [0.05, 0.1) is 5.39 Å². The molecule has 4 rings (SSSR count). The van der Waals surface area contributed by atoms with E-state index in [2.05, 4.69) is 0 Å². The van der Waals surface area contributed by atoms with E-state index in [1.54, 1.807) is 41.8 Å². The first-order valence-electron chi connectivity index (χ1n) is 8.32. The molecular weight excluding hydrogens is 388 g/mol. The summed E-state index contributed by atoms with van der Waals surface area (Å²) < 4.78 is 32.4. The summed E-state index contributed by atoms with van der Waals surface area (Å²) in [6.07, 6.45) is 0. The topological polar surface area (TPSA) is 87.9 Å². The fourth-order valence-corrected chi connectivity index (χ4v) is 5.60. The predicted octanol–water partition coefficient (Wildman–Crippen LogP) is 2.00. The van der Waals surface area contributed by atoms with Crippen LogP contribution in [0.1, 0.15) is 10.6 Å². The van der Waals surface area contributed by atoms with Crippen molar-refractivity contribution in [2.24, 2.45) is 0 Å². The Morgan fingerprint density at radius 1 is 1.04 bits per heavy atom. The number of sulfonamides is 1. The van der Waals surface area contributed by atoms with Crippen molar-refractivity contribution in [2.75, 3.05) is 26.2 Å². The average molecular weight is 404 g/mol. The molecule has 1 aromatic carbocycles. The summed E-state index contributed by atoms with van der Waals surface area (Å²) in [5.74, 6) is -0.445. The highest BCUT2D eigenvalue weighted by Crippen LogP contribution is 2.22. The van der Waals surface area contributed by atoms with Crippen LogP contribution < -0.4 is 5.43 Å². The maximum Gasteiger partial charge on any atom is 0.289 e. The monoisotopic (exact) mass is 404 g/mol. The maximum atomic E-state index is 12.7. The Labute approximate surface area is 159 Å². The van der Waals surface area contributed by atoms with Crippen LogP contribution in [-0.4, -0.2) is 49.7 Å². The van der Waals surface area contributed by atoms with Gasteiger partial charge in [0.2, 0.25) is 0 Å². The Hall–Kier alpha value is -2.49. The van der Waals surface area contributed by atoms with Crippen LogP contribution in [-0.2, 0) is 10.0 Å². The summed E-state index contributed by atoms with van der Waals surface area (Å²) in [7, 11) is -3.53. The van der Waals surface area contributed by atoms with Crippen molar-refractivity contribution in [1.82, 2.24) is 9.21 Å². The van der Waals surface area contributed by atoms with E-state index in [0.717, 1.165) is 0 Å². The van der Waals surface area contributed by atoms with Gasteiger partial charge in [0, 0.05) is 32.2 Å².